The summed E-state index contributed by atoms with van der Waals surface area (Å²) < 4.78 is 2.75. The molecule has 8 nitrogen and oxygen atoms in total. The highest BCUT2D eigenvalue weighted by molar-refractivity contribution is 5.80. The van der Waals surface area contributed by atoms with Gasteiger partial charge in [0.15, 0.2) is 0 Å². The number of fused-ring (bicyclic) bond motifs is 2. The van der Waals surface area contributed by atoms with E-state index in [2.05, 4.69) is 10.9 Å². The average molecular weight is 313 g/mol. The second kappa shape index (κ2) is 5.70. The summed E-state index contributed by atoms with van der Waals surface area (Å²) in [5, 5.41) is 9.22. The molecule has 8 heteroatoms. The van der Waals surface area contributed by atoms with Crippen LogP contribution in [-0.2, 0) is 4.79 Å². The maximum absolute atomic E-state index is 12.7. The monoisotopic (exact) mass is 313 g/mol. The molecule has 2 heterocycles. The van der Waals surface area contributed by atoms with Crippen molar-refractivity contribution in [2.24, 2.45) is 0 Å². The molecule has 1 amide bonds. The van der Waals surface area contributed by atoms with Crippen molar-refractivity contribution in [3.05, 3.63) is 45.0 Å². The van der Waals surface area contributed by atoms with Crippen LogP contribution in [0, 0.1) is 11.3 Å². The van der Waals surface area contributed by atoms with Crippen molar-refractivity contribution in [2.45, 2.75) is 32.0 Å². The molecule has 23 heavy (non-hydrogen) atoms. The van der Waals surface area contributed by atoms with E-state index in [1.165, 1.54) is 9.36 Å². The first kappa shape index (κ1) is 15.0. The molecular formula is C15H15N5O3. The quantitative estimate of drug-likeness (QED) is 0.785. The fourth-order valence-electron chi connectivity index (χ4n) is 2.93. The Morgan fingerprint density at radius 1 is 1.26 bits per heavy atom. The highest BCUT2D eigenvalue weighted by atomic mass is 16.2. The summed E-state index contributed by atoms with van der Waals surface area (Å²) in [7, 11) is 0. The Bertz CT molecular complexity index is 937. The smallest absolute Gasteiger partial charge is 0.274 e. The highest BCUT2D eigenvalue weighted by Gasteiger charge is 2.31. The Hall–Kier alpha value is -2.92. The van der Waals surface area contributed by atoms with Gasteiger partial charge in [-0.15, -0.1) is 0 Å². The topological polar surface area (TPSA) is 109 Å². The predicted octanol–water partition coefficient (Wildman–Crippen LogP) is 0.161. The first-order chi connectivity index (χ1) is 11.0. The number of nitriles is 1. The SMILES string of the molecule is C[C@H]1C[C@@H](NNC(=O)CC#N)n2c(=O)c3ccccc3c(=O)n21. The number of carbonyl (C=O) groups excluding carboxylic acids is 1. The van der Waals surface area contributed by atoms with Gasteiger partial charge in [-0.05, 0) is 19.1 Å². The molecule has 3 rings (SSSR count). The molecule has 1 aromatic heterocycles. The molecule has 0 spiro atoms. The summed E-state index contributed by atoms with van der Waals surface area (Å²) in [6.07, 6.45) is -0.357. The number of nitrogens with zero attached hydrogens (tertiary/aromatic N) is 3. The van der Waals surface area contributed by atoms with Gasteiger partial charge in [0.1, 0.15) is 12.6 Å². The van der Waals surface area contributed by atoms with Gasteiger partial charge in [-0.25, -0.2) is 14.8 Å². The molecule has 0 radical (unpaired) electrons. The van der Waals surface area contributed by atoms with Gasteiger partial charge in [-0.2, -0.15) is 5.26 Å². The third-order valence-electron chi connectivity index (χ3n) is 3.93. The summed E-state index contributed by atoms with van der Waals surface area (Å²) >= 11 is 0. The van der Waals surface area contributed by atoms with E-state index < -0.39 is 12.1 Å². The molecule has 1 aliphatic rings. The van der Waals surface area contributed by atoms with Gasteiger partial charge in [0.05, 0.1) is 22.9 Å². The zero-order valence-corrected chi connectivity index (χ0v) is 12.4. The van der Waals surface area contributed by atoms with Crippen molar-refractivity contribution in [3.8, 4) is 6.07 Å². The average Bonchev–Trinajstić information content (AvgIpc) is 2.88. The largest absolute Gasteiger partial charge is 0.289 e. The van der Waals surface area contributed by atoms with Crippen LogP contribution in [0.15, 0.2) is 33.9 Å². The number of amides is 1. The minimum absolute atomic E-state index is 0.190. The lowest BCUT2D eigenvalue weighted by Gasteiger charge is -2.17. The van der Waals surface area contributed by atoms with E-state index in [1.54, 1.807) is 30.3 Å². The molecule has 2 aromatic rings. The van der Waals surface area contributed by atoms with E-state index >= 15 is 0 Å². The van der Waals surface area contributed by atoms with Gasteiger partial charge >= 0.3 is 0 Å². The minimum Gasteiger partial charge on any atom is -0.289 e. The Kier molecular flexibility index (Phi) is 3.72. The number of hydrogen-bond donors (Lipinski definition) is 2. The molecule has 0 aliphatic carbocycles. The number of rotatable bonds is 3. The minimum atomic E-state index is -0.544. The van der Waals surface area contributed by atoms with Crippen molar-refractivity contribution in [2.75, 3.05) is 0 Å². The van der Waals surface area contributed by atoms with Crippen LogP contribution in [0.1, 0.15) is 32.0 Å². The first-order valence-electron chi connectivity index (χ1n) is 7.22. The number of carbonyl (C=O) groups is 1. The van der Waals surface area contributed by atoms with Crippen LogP contribution >= 0.6 is 0 Å². The van der Waals surface area contributed by atoms with Crippen molar-refractivity contribution in [1.82, 2.24) is 20.2 Å². The second-order valence-electron chi connectivity index (χ2n) is 5.47. The molecule has 118 valence electrons. The molecule has 0 bridgehead atoms. The van der Waals surface area contributed by atoms with Gasteiger partial charge in [0.2, 0.25) is 5.91 Å². The summed E-state index contributed by atoms with van der Waals surface area (Å²) in [5.74, 6) is -0.491. The van der Waals surface area contributed by atoms with E-state index in [-0.39, 0.29) is 23.6 Å². The van der Waals surface area contributed by atoms with E-state index in [4.69, 9.17) is 5.26 Å². The lowest BCUT2D eigenvalue weighted by atomic mass is 10.2. The first-order valence-corrected chi connectivity index (χ1v) is 7.22. The number of aromatic nitrogens is 2. The van der Waals surface area contributed by atoms with Crippen LogP contribution in [0.3, 0.4) is 0 Å². The normalized spacial score (nSPS) is 19.3. The number of hydrazine groups is 1. The molecule has 0 saturated carbocycles. The summed E-state index contributed by atoms with van der Waals surface area (Å²) in [4.78, 5) is 36.7. The number of benzene rings is 1. The number of nitrogens with one attached hydrogen (secondary N) is 2. The maximum Gasteiger partial charge on any atom is 0.274 e. The van der Waals surface area contributed by atoms with Crippen LogP contribution in [0.4, 0.5) is 0 Å². The third kappa shape index (κ3) is 2.41. The zero-order chi connectivity index (χ0) is 16.6. The van der Waals surface area contributed by atoms with Crippen LogP contribution in [0.25, 0.3) is 10.8 Å². The molecule has 0 fully saturated rings. The van der Waals surface area contributed by atoms with Crippen LogP contribution in [-0.4, -0.2) is 15.3 Å². The molecule has 2 N–H and O–H groups in total. The van der Waals surface area contributed by atoms with E-state index in [0.717, 1.165) is 0 Å². The maximum atomic E-state index is 12.7. The Morgan fingerprint density at radius 2 is 1.87 bits per heavy atom. The molecular weight excluding hydrogens is 298 g/mol. The van der Waals surface area contributed by atoms with E-state index in [1.807, 2.05) is 6.92 Å². The molecule has 1 aromatic carbocycles. The van der Waals surface area contributed by atoms with Crippen molar-refractivity contribution in [3.63, 3.8) is 0 Å². The van der Waals surface area contributed by atoms with Crippen molar-refractivity contribution in [1.29, 1.82) is 5.26 Å². The predicted molar refractivity (Wildman–Crippen MR) is 82.3 cm³/mol. The summed E-state index contributed by atoms with van der Waals surface area (Å²) in [5.41, 5.74) is 4.60. The standard InChI is InChI=1S/C15H15N5O3/c1-9-8-12(17-18-13(21)6-7-16)20-15(23)11-5-3-2-4-10(11)14(22)19(9)20/h2-5,9,12,17H,6,8H2,1H3,(H,18,21)/t9-,12-/m0/s1. The summed E-state index contributed by atoms with van der Waals surface area (Å²) in [6.45, 7) is 1.84. The second-order valence-corrected chi connectivity index (χ2v) is 5.47. The lowest BCUT2D eigenvalue weighted by Crippen LogP contribution is -2.46. The molecule has 2 atom stereocenters. The van der Waals surface area contributed by atoms with Gasteiger partial charge in [0, 0.05) is 6.42 Å². The van der Waals surface area contributed by atoms with Gasteiger partial charge in [0.25, 0.3) is 11.1 Å². The zero-order valence-electron chi connectivity index (χ0n) is 12.4. The number of hydrogen-bond acceptors (Lipinski definition) is 5. The van der Waals surface area contributed by atoms with Gasteiger partial charge in [-0.3, -0.25) is 19.8 Å². The molecule has 1 aliphatic heterocycles. The van der Waals surface area contributed by atoms with Crippen LogP contribution in [0.5, 0.6) is 0 Å². The molecule has 0 unspecified atom stereocenters. The van der Waals surface area contributed by atoms with Crippen molar-refractivity contribution < 1.29 is 4.79 Å². The van der Waals surface area contributed by atoms with Crippen molar-refractivity contribution >= 4 is 16.7 Å². The molecule has 0 saturated heterocycles. The van der Waals surface area contributed by atoms with Crippen LogP contribution in [0.2, 0.25) is 0 Å². The van der Waals surface area contributed by atoms with E-state index in [9.17, 15) is 14.4 Å². The van der Waals surface area contributed by atoms with E-state index in [0.29, 0.717) is 17.2 Å². The Balaban J connectivity index is 2.06. The lowest BCUT2D eigenvalue weighted by molar-refractivity contribution is -0.121. The van der Waals surface area contributed by atoms with Gasteiger partial charge < -0.3 is 0 Å². The fourth-order valence-corrected chi connectivity index (χ4v) is 2.93. The van der Waals surface area contributed by atoms with Gasteiger partial charge in [-0.1, -0.05) is 12.1 Å². The Morgan fingerprint density at radius 3 is 2.48 bits per heavy atom. The fraction of sp³-hybridized carbons (Fsp3) is 0.333. The highest BCUT2D eigenvalue weighted by Crippen LogP contribution is 2.25. The summed E-state index contributed by atoms with van der Waals surface area (Å²) in [6, 6.07) is 8.22. The third-order valence-corrected chi connectivity index (χ3v) is 3.93. The Labute approximate surface area is 130 Å². The van der Waals surface area contributed by atoms with Crippen LogP contribution < -0.4 is 22.0 Å².